The van der Waals surface area contributed by atoms with Gasteiger partial charge in [-0.3, -0.25) is 4.99 Å². The Balaban J connectivity index is 1.77. The third-order valence-corrected chi connectivity index (χ3v) is 4.24. The maximum absolute atomic E-state index is 5.96. The molecule has 2 aromatic carbocycles. The molecule has 158 valence electrons. The molecule has 2 aromatic rings. The second kappa shape index (κ2) is 12.0. The lowest BCUT2D eigenvalue weighted by Gasteiger charge is -2.19. The highest BCUT2D eigenvalue weighted by Crippen LogP contribution is 2.26. The molecule has 6 heteroatoms. The zero-order valence-corrected chi connectivity index (χ0v) is 18.1. The van der Waals surface area contributed by atoms with Crippen LogP contribution >= 0.6 is 0 Å². The van der Waals surface area contributed by atoms with Crippen molar-refractivity contribution in [1.82, 2.24) is 10.6 Å². The van der Waals surface area contributed by atoms with Gasteiger partial charge in [-0.25, -0.2) is 0 Å². The van der Waals surface area contributed by atoms with E-state index in [-0.39, 0.29) is 12.2 Å². The Morgan fingerprint density at radius 1 is 0.931 bits per heavy atom. The van der Waals surface area contributed by atoms with Gasteiger partial charge in [0, 0.05) is 13.6 Å². The van der Waals surface area contributed by atoms with Crippen molar-refractivity contribution in [2.24, 2.45) is 4.99 Å². The molecule has 6 nitrogen and oxygen atoms in total. The molecule has 0 aliphatic rings. The number of para-hydroxylation sites is 2. The summed E-state index contributed by atoms with van der Waals surface area (Å²) in [7, 11) is 3.40. The van der Waals surface area contributed by atoms with E-state index in [0.29, 0.717) is 19.7 Å². The van der Waals surface area contributed by atoms with Gasteiger partial charge in [-0.15, -0.1) is 0 Å². The van der Waals surface area contributed by atoms with Crippen LogP contribution < -0.4 is 20.1 Å². The molecule has 0 aliphatic heterocycles. The minimum absolute atomic E-state index is 0.0508. The number of nitrogens with zero attached hydrogens (tertiary/aromatic N) is 1. The summed E-state index contributed by atoms with van der Waals surface area (Å²) in [5.41, 5.74) is 2.35. The Hall–Kier alpha value is -2.73. The molecular formula is C23H33N3O3. The van der Waals surface area contributed by atoms with Crippen molar-refractivity contribution in [1.29, 1.82) is 0 Å². The molecule has 2 rings (SSSR count). The summed E-state index contributed by atoms with van der Waals surface area (Å²) in [6, 6.07) is 16.0. The van der Waals surface area contributed by atoms with Gasteiger partial charge >= 0.3 is 0 Å². The van der Waals surface area contributed by atoms with Crippen LogP contribution in [0.5, 0.6) is 11.5 Å². The van der Waals surface area contributed by atoms with Crippen LogP contribution in [-0.2, 0) is 17.9 Å². The summed E-state index contributed by atoms with van der Waals surface area (Å²) in [4.78, 5) is 4.28. The van der Waals surface area contributed by atoms with Gasteiger partial charge in [-0.2, -0.15) is 0 Å². The highest BCUT2D eigenvalue weighted by Gasteiger charge is 2.09. The zero-order chi connectivity index (χ0) is 21.1. The Bertz CT molecular complexity index is 760. The fraction of sp³-hybridized carbons (Fsp3) is 0.435. The van der Waals surface area contributed by atoms with Gasteiger partial charge < -0.3 is 24.8 Å². The molecule has 0 saturated heterocycles. The molecule has 0 amide bonds. The fourth-order valence-corrected chi connectivity index (χ4v) is 2.64. The van der Waals surface area contributed by atoms with Crippen molar-refractivity contribution in [3.05, 3.63) is 59.7 Å². The van der Waals surface area contributed by atoms with Gasteiger partial charge in [-0.1, -0.05) is 36.4 Å². The Morgan fingerprint density at radius 3 is 2.21 bits per heavy atom. The number of hydrogen-bond acceptors (Lipinski definition) is 4. The van der Waals surface area contributed by atoms with Crippen LogP contribution in [0, 0.1) is 0 Å². The van der Waals surface area contributed by atoms with E-state index in [9.17, 15) is 0 Å². The number of ether oxygens (including phenoxy) is 3. The number of rotatable bonds is 10. The molecule has 1 unspecified atom stereocenters. The average Bonchev–Trinajstić information content (AvgIpc) is 2.73. The minimum Gasteiger partial charge on any atom is -0.493 e. The first-order valence-corrected chi connectivity index (χ1v) is 9.95. The predicted molar refractivity (Wildman–Crippen MR) is 118 cm³/mol. The quantitative estimate of drug-likeness (QED) is 0.471. The van der Waals surface area contributed by atoms with Gasteiger partial charge in [0.2, 0.25) is 0 Å². The molecule has 0 fully saturated rings. The topological polar surface area (TPSA) is 64.1 Å². The van der Waals surface area contributed by atoms with Gasteiger partial charge in [0.1, 0.15) is 6.10 Å². The van der Waals surface area contributed by atoms with Gasteiger partial charge in [-0.05, 0) is 44.0 Å². The van der Waals surface area contributed by atoms with E-state index in [1.165, 1.54) is 11.1 Å². The normalized spacial score (nSPS) is 12.6. The molecular weight excluding hydrogens is 366 g/mol. The SMILES string of the molecule is CN=C(NCc1ccc(COC(C)C)cc1)NCC(C)Oc1ccccc1OC. The number of aliphatic imine (C=N–C) groups is 1. The molecule has 0 saturated carbocycles. The van der Waals surface area contributed by atoms with Gasteiger partial charge in [0.05, 0.1) is 26.4 Å². The van der Waals surface area contributed by atoms with Crippen LogP contribution in [0.15, 0.2) is 53.5 Å². The van der Waals surface area contributed by atoms with Crippen LogP contribution in [-0.4, -0.2) is 38.9 Å². The molecule has 0 aromatic heterocycles. The highest BCUT2D eigenvalue weighted by molar-refractivity contribution is 5.79. The van der Waals surface area contributed by atoms with Gasteiger partial charge in [0.25, 0.3) is 0 Å². The van der Waals surface area contributed by atoms with Crippen molar-refractivity contribution in [2.45, 2.75) is 46.1 Å². The van der Waals surface area contributed by atoms with Crippen LogP contribution in [0.4, 0.5) is 0 Å². The van der Waals surface area contributed by atoms with E-state index in [4.69, 9.17) is 14.2 Å². The van der Waals surface area contributed by atoms with Crippen molar-refractivity contribution in [3.8, 4) is 11.5 Å². The Kier molecular flexibility index (Phi) is 9.31. The lowest BCUT2D eigenvalue weighted by molar-refractivity contribution is 0.0657. The standard InChI is InChI=1S/C23H33N3O3/c1-17(2)28-16-20-12-10-19(11-13-20)15-26-23(24-4)25-14-18(3)29-22-9-7-6-8-21(22)27-5/h6-13,17-18H,14-16H2,1-5H3,(H2,24,25,26). The second-order valence-electron chi connectivity index (χ2n) is 7.06. The third kappa shape index (κ3) is 8.03. The summed E-state index contributed by atoms with van der Waals surface area (Å²) < 4.78 is 16.9. The Morgan fingerprint density at radius 2 is 1.59 bits per heavy atom. The summed E-state index contributed by atoms with van der Waals surface area (Å²) in [5.74, 6) is 2.19. The summed E-state index contributed by atoms with van der Waals surface area (Å²) in [5, 5.41) is 6.62. The van der Waals surface area contributed by atoms with E-state index in [1.54, 1.807) is 14.2 Å². The number of guanidine groups is 1. The van der Waals surface area contributed by atoms with E-state index in [1.807, 2.05) is 45.0 Å². The van der Waals surface area contributed by atoms with E-state index in [2.05, 4.69) is 39.9 Å². The summed E-state index contributed by atoms with van der Waals surface area (Å²) in [6.45, 7) is 8.03. The lowest BCUT2D eigenvalue weighted by Crippen LogP contribution is -2.41. The smallest absolute Gasteiger partial charge is 0.191 e. The molecule has 0 radical (unpaired) electrons. The maximum atomic E-state index is 5.96. The number of nitrogens with one attached hydrogen (secondary N) is 2. The molecule has 29 heavy (non-hydrogen) atoms. The first kappa shape index (κ1) is 22.6. The highest BCUT2D eigenvalue weighted by atomic mass is 16.5. The van der Waals surface area contributed by atoms with E-state index >= 15 is 0 Å². The molecule has 2 N–H and O–H groups in total. The number of methoxy groups -OCH3 is 1. The maximum Gasteiger partial charge on any atom is 0.191 e. The van der Waals surface area contributed by atoms with Crippen molar-refractivity contribution >= 4 is 5.96 Å². The van der Waals surface area contributed by atoms with Gasteiger partial charge in [0.15, 0.2) is 17.5 Å². The first-order valence-electron chi connectivity index (χ1n) is 9.95. The summed E-state index contributed by atoms with van der Waals surface area (Å²) in [6.07, 6.45) is 0.185. The number of benzene rings is 2. The van der Waals surface area contributed by atoms with Crippen LogP contribution in [0.2, 0.25) is 0 Å². The predicted octanol–water partition coefficient (Wildman–Crippen LogP) is 3.75. The summed E-state index contributed by atoms with van der Waals surface area (Å²) >= 11 is 0. The van der Waals surface area contributed by atoms with Crippen LogP contribution in [0.1, 0.15) is 31.9 Å². The molecule has 1 atom stereocenters. The monoisotopic (exact) mass is 399 g/mol. The molecule has 0 aliphatic carbocycles. The molecule has 0 spiro atoms. The number of hydrogen-bond donors (Lipinski definition) is 2. The van der Waals surface area contributed by atoms with Crippen molar-refractivity contribution < 1.29 is 14.2 Å². The van der Waals surface area contributed by atoms with E-state index in [0.717, 1.165) is 17.5 Å². The van der Waals surface area contributed by atoms with Crippen LogP contribution in [0.3, 0.4) is 0 Å². The molecule has 0 bridgehead atoms. The second-order valence-corrected chi connectivity index (χ2v) is 7.06. The van der Waals surface area contributed by atoms with Crippen molar-refractivity contribution in [2.75, 3.05) is 20.7 Å². The zero-order valence-electron chi connectivity index (χ0n) is 18.1. The van der Waals surface area contributed by atoms with Crippen LogP contribution in [0.25, 0.3) is 0 Å². The Labute approximate surface area is 174 Å². The average molecular weight is 400 g/mol. The minimum atomic E-state index is -0.0508. The largest absolute Gasteiger partial charge is 0.493 e. The van der Waals surface area contributed by atoms with Crippen molar-refractivity contribution in [3.63, 3.8) is 0 Å². The third-order valence-electron chi connectivity index (χ3n) is 4.24. The van der Waals surface area contributed by atoms with E-state index < -0.39 is 0 Å². The molecule has 0 heterocycles. The lowest BCUT2D eigenvalue weighted by atomic mass is 10.1. The fourth-order valence-electron chi connectivity index (χ4n) is 2.64. The first-order chi connectivity index (χ1) is 14.0.